The van der Waals surface area contributed by atoms with Gasteiger partial charge in [-0.05, 0) is 30.3 Å². The molecule has 9 heteroatoms. The third-order valence-corrected chi connectivity index (χ3v) is 6.57. The van der Waals surface area contributed by atoms with Crippen molar-refractivity contribution in [2.24, 2.45) is 0 Å². The predicted molar refractivity (Wildman–Crippen MR) is 138 cm³/mol. The molecular weight excluding hydrogens is 466 g/mol. The van der Waals surface area contributed by atoms with Crippen molar-refractivity contribution in [3.05, 3.63) is 96.2 Å². The SMILES string of the molecule is N#Cc1cccnc1N1CCN(C(=O)c2cc(-c3ccccc3)nc3c2cnn3Cc2ccco2)CC1. The second-order valence-electron chi connectivity index (χ2n) is 8.81. The number of carbonyl (C=O) groups is 1. The Labute approximate surface area is 213 Å². The quantitative estimate of drug-likeness (QED) is 0.368. The number of anilines is 1. The monoisotopic (exact) mass is 489 g/mol. The Balaban J connectivity index is 1.33. The molecule has 5 heterocycles. The maximum absolute atomic E-state index is 13.8. The topological polar surface area (TPSA) is 104 Å². The lowest BCUT2D eigenvalue weighted by Crippen LogP contribution is -2.49. The zero-order valence-electron chi connectivity index (χ0n) is 20.0. The standard InChI is InChI=1S/C28H23N7O2/c29-17-21-8-4-10-30-26(21)33-11-13-34(14-12-33)28(36)23-16-25(20-6-2-1-3-7-20)32-27-24(23)18-31-35(27)19-22-9-5-15-37-22/h1-10,15-16,18H,11-14,19H2. The van der Waals surface area contributed by atoms with Crippen LogP contribution in [0.25, 0.3) is 22.3 Å². The normalized spacial score (nSPS) is 13.6. The van der Waals surface area contributed by atoms with Gasteiger partial charge in [0.05, 0.1) is 34.7 Å². The van der Waals surface area contributed by atoms with E-state index in [4.69, 9.17) is 9.40 Å². The summed E-state index contributed by atoms with van der Waals surface area (Å²) in [5.74, 6) is 1.35. The highest BCUT2D eigenvalue weighted by atomic mass is 16.3. The number of fused-ring (bicyclic) bond motifs is 1. The molecule has 1 amide bonds. The molecule has 6 rings (SSSR count). The first-order valence-corrected chi connectivity index (χ1v) is 12.0. The number of pyridine rings is 2. The van der Waals surface area contributed by atoms with E-state index in [1.165, 1.54) is 0 Å². The van der Waals surface area contributed by atoms with Crippen molar-refractivity contribution in [1.82, 2.24) is 24.6 Å². The Kier molecular flexibility index (Phi) is 5.83. The molecule has 5 aromatic rings. The molecule has 182 valence electrons. The largest absolute Gasteiger partial charge is 0.467 e. The number of piperazine rings is 1. The maximum atomic E-state index is 13.8. The Morgan fingerprint density at radius 3 is 2.62 bits per heavy atom. The average molecular weight is 490 g/mol. The van der Waals surface area contributed by atoms with E-state index >= 15 is 0 Å². The predicted octanol–water partition coefficient (Wildman–Crippen LogP) is 3.97. The van der Waals surface area contributed by atoms with Crippen LogP contribution in [0, 0.1) is 11.3 Å². The summed E-state index contributed by atoms with van der Waals surface area (Å²) in [6.45, 7) is 2.64. The number of rotatable bonds is 5. The van der Waals surface area contributed by atoms with Crippen LogP contribution < -0.4 is 4.90 Å². The van der Waals surface area contributed by atoms with Crippen molar-refractivity contribution in [2.45, 2.75) is 6.54 Å². The molecule has 1 aromatic carbocycles. The summed E-state index contributed by atoms with van der Waals surface area (Å²) in [7, 11) is 0. The summed E-state index contributed by atoms with van der Waals surface area (Å²) in [6, 6.07) is 21.1. The fraction of sp³-hybridized carbons (Fsp3) is 0.179. The van der Waals surface area contributed by atoms with E-state index in [0.717, 1.165) is 11.3 Å². The number of aromatic nitrogens is 4. The summed E-state index contributed by atoms with van der Waals surface area (Å²) >= 11 is 0. The van der Waals surface area contributed by atoms with Crippen LogP contribution in [0.2, 0.25) is 0 Å². The van der Waals surface area contributed by atoms with Crippen LogP contribution in [0.15, 0.2) is 83.7 Å². The number of nitrogens with zero attached hydrogens (tertiary/aromatic N) is 7. The number of hydrogen-bond acceptors (Lipinski definition) is 7. The van der Waals surface area contributed by atoms with Crippen molar-refractivity contribution in [2.75, 3.05) is 31.1 Å². The maximum Gasteiger partial charge on any atom is 0.254 e. The van der Waals surface area contributed by atoms with E-state index in [9.17, 15) is 10.1 Å². The van der Waals surface area contributed by atoms with Crippen LogP contribution in [0.1, 0.15) is 21.7 Å². The number of amides is 1. The van der Waals surface area contributed by atoms with E-state index in [2.05, 4.69) is 21.1 Å². The number of carbonyl (C=O) groups excluding carboxylic acids is 1. The molecule has 37 heavy (non-hydrogen) atoms. The minimum atomic E-state index is -0.0664. The van der Waals surface area contributed by atoms with Crippen LogP contribution in [0.5, 0.6) is 0 Å². The Morgan fingerprint density at radius 2 is 1.86 bits per heavy atom. The molecule has 0 unspecified atom stereocenters. The van der Waals surface area contributed by atoms with Crippen molar-refractivity contribution in [3.63, 3.8) is 0 Å². The first-order chi connectivity index (χ1) is 18.2. The molecule has 1 saturated heterocycles. The van der Waals surface area contributed by atoms with E-state index < -0.39 is 0 Å². The van der Waals surface area contributed by atoms with Gasteiger partial charge in [0.25, 0.3) is 5.91 Å². The molecule has 4 aromatic heterocycles. The van der Waals surface area contributed by atoms with Crippen LogP contribution in [-0.2, 0) is 6.54 Å². The summed E-state index contributed by atoms with van der Waals surface area (Å²) in [5, 5.41) is 14.7. The van der Waals surface area contributed by atoms with E-state index in [-0.39, 0.29) is 5.91 Å². The molecule has 0 atom stereocenters. The highest BCUT2D eigenvalue weighted by Crippen LogP contribution is 2.27. The van der Waals surface area contributed by atoms with Crippen molar-refractivity contribution in [3.8, 4) is 17.3 Å². The van der Waals surface area contributed by atoms with Gasteiger partial charge in [-0.25, -0.2) is 14.6 Å². The molecule has 0 N–H and O–H groups in total. The molecular formula is C28H23N7O2. The fourth-order valence-corrected chi connectivity index (χ4v) is 4.68. The van der Waals surface area contributed by atoms with Crippen molar-refractivity contribution < 1.29 is 9.21 Å². The number of furan rings is 1. The first kappa shape index (κ1) is 22.5. The van der Waals surface area contributed by atoms with Crippen LogP contribution in [0.4, 0.5) is 5.82 Å². The lowest BCUT2D eigenvalue weighted by Gasteiger charge is -2.35. The van der Waals surface area contributed by atoms with Gasteiger partial charge in [0.1, 0.15) is 24.2 Å². The second-order valence-corrected chi connectivity index (χ2v) is 8.81. The third kappa shape index (κ3) is 4.29. The Bertz CT molecular complexity index is 1600. The Hall–Kier alpha value is -4.97. The summed E-state index contributed by atoms with van der Waals surface area (Å²) in [4.78, 5) is 27.0. The highest BCUT2D eigenvalue weighted by Gasteiger charge is 2.27. The summed E-state index contributed by atoms with van der Waals surface area (Å²) in [6.07, 6.45) is 5.02. The zero-order chi connectivity index (χ0) is 25.2. The fourth-order valence-electron chi connectivity index (χ4n) is 4.68. The number of hydrogen-bond donors (Lipinski definition) is 0. The molecule has 0 aliphatic carbocycles. The van der Waals surface area contributed by atoms with Gasteiger partial charge < -0.3 is 14.2 Å². The van der Waals surface area contributed by atoms with Gasteiger partial charge in [-0.2, -0.15) is 10.4 Å². The molecule has 9 nitrogen and oxygen atoms in total. The molecule has 0 radical (unpaired) electrons. The van der Waals surface area contributed by atoms with Gasteiger partial charge in [-0.3, -0.25) is 4.79 Å². The number of benzene rings is 1. The van der Waals surface area contributed by atoms with E-state index in [0.29, 0.717) is 66.4 Å². The van der Waals surface area contributed by atoms with Gasteiger partial charge >= 0.3 is 0 Å². The van der Waals surface area contributed by atoms with Crippen molar-refractivity contribution >= 4 is 22.8 Å². The molecule has 1 fully saturated rings. The van der Waals surface area contributed by atoms with Crippen LogP contribution >= 0.6 is 0 Å². The lowest BCUT2D eigenvalue weighted by molar-refractivity contribution is 0.0748. The summed E-state index contributed by atoms with van der Waals surface area (Å²) in [5.41, 5.74) is 3.37. The Morgan fingerprint density at radius 1 is 1.03 bits per heavy atom. The summed E-state index contributed by atoms with van der Waals surface area (Å²) < 4.78 is 7.28. The average Bonchev–Trinajstić information content (AvgIpc) is 3.63. The zero-order valence-corrected chi connectivity index (χ0v) is 20.0. The molecule has 1 aliphatic rings. The number of nitriles is 1. The van der Waals surface area contributed by atoms with Gasteiger partial charge in [0.15, 0.2) is 5.65 Å². The smallest absolute Gasteiger partial charge is 0.254 e. The first-order valence-electron chi connectivity index (χ1n) is 12.0. The van der Waals surface area contributed by atoms with Gasteiger partial charge in [-0.1, -0.05) is 30.3 Å². The molecule has 0 saturated carbocycles. The van der Waals surface area contributed by atoms with Gasteiger partial charge in [-0.15, -0.1) is 0 Å². The molecule has 1 aliphatic heterocycles. The van der Waals surface area contributed by atoms with Gasteiger partial charge in [0.2, 0.25) is 0 Å². The minimum Gasteiger partial charge on any atom is -0.467 e. The van der Waals surface area contributed by atoms with Crippen molar-refractivity contribution in [1.29, 1.82) is 5.26 Å². The minimum absolute atomic E-state index is 0.0664. The van der Waals surface area contributed by atoms with Crippen LogP contribution in [-0.4, -0.2) is 56.7 Å². The van der Waals surface area contributed by atoms with E-state index in [1.807, 2.05) is 53.4 Å². The molecule has 0 bridgehead atoms. The highest BCUT2D eigenvalue weighted by molar-refractivity contribution is 6.06. The van der Waals surface area contributed by atoms with Gasteiger partial charge in [0, 0.05) is 37.9 Å². The molecule has 0 spiro atoms. The third-order valence-electron chi connectivity index (χ3n) is 6.57. The lowest BCUT2D eigenvalue weighted by atomic mass is 10.1. The van der Waals surface area contributed by atoms with E-state index in [1.54, 1.807) is 35.5 Å². The second kappa shape index (κ2) is 9.59. The van der Waals surface area contributed by atoms with Crippen LogP contribution in [0.3, 0.4) is 0 Å².